The molecule has 22 nitrogen and oxygen atoms in total. The van der Waals surface area contributed by atoms with Gasteiger partial charge in [-0.2, -0.15) is 4.98 Å². The standard InChI is InChI=1S/C38H39N11O11S2/c1-18(39)30(53)47(37(59)60-38(2,3)4)22-12-10-20(11-13-22)28-41-14-23(29(52)42-28)31(54)48(32(55)25(40)19-8-6-5-7-9-19)27-33(56)49-26(35(57)58)21(16-61-34(27)49)17-62-36-43-44-45-46(36)15-24(50)51/h5-14,18,25,27,34H,15-17,39-40H2,1-4H3,(H,50,51)(H,57,58)(H,41,42,52)/t18-,25?,27?,34+/m1/s1. The number of carbonyl (C=O) groups is 7. The molecule has 5 amide bonds. The molecule has 2 aliphatic rings. The molecule has 0 saturated carbocycles. The number of tetrazole rings is 1. The minimum absolute atomic E-state index is 0.0117. The Morgan fingerprint density at radius 3 is 2.29 bits per heavy atom. The van der Waals surface area contributed by atoms with Gasteiger partial charge < -0.3 is 31.5 Å². The van der Waals surface area contributed by atoms with E-state index in [0.29, 0.717) is 4.90 Å². The van der Waals surface area contributed by atoms with Gasteiger partial charge in [0.05, 0.1) is 11.7 Å². The van der Waals surface area contributed by atoms with Gasteiger partial charge in [0.25, 0.3) is 23.6 Å². The molecule has 7 N–H and O–H groups in total. The molecule has 4 heterocycles. The van der Waals surface area contributed by atoms with E-state index < -0.39 is 94.4 Å². The number of β-lactam (4-membered cyclic amide) rings is 1. The number of nitrogens with two attached hydrogens (primary N) is 2. The van der Waals surface area contributed by atoms with Crippen LogP contribution >= 0.6 is 23.5 Å². The maximum absolute atomic E-state index is 14.4. The monoisotopic (exact) mass is 889 g/mol. The van der Waals surface area contributed by atoms with Gasteiger partial charge in [-0.3, -0.25) is 33.8 Å². The molecule has 2 aliphatic heterocycles. The number of rotatable bonds is 13. The van der Waals surface area contributed by atoms with E-state index in [9.17, 15) is 43.8 Å². The fraction of sp³-hybridized carbons (Fsp3) is 0.316. The lowest BCUT2D eigenvalue weighted by atomic mass is 9.98. The molecule has 0 radical (unpaired) electrons. The van der Waals surface area contributed by atoms with E-state index in [1.165, 1.54) is 43.3 Å². The largest absolute Gasteiger partial charge is 0.493 e. The fourth-order valence-electron chi connectivity index (χ4n) is 6.26. The number of carboxylic acids is 2. The first-order valence-corrected chi connectivity index (χ1v) is 20.5. The van der Waals surface area contributed by atoms with Crippen molar-refractivity contribution >= 4 is 70.9 Å². The lowest BCUT2D eigenvalue weighted by Gasteiger charge is -2.52. The normalized spacial score (nSPS) is 17.0. The molecule has 1 fully saturated rings. The number of amides is 5. The van der Waals surface area contributed by atoms with Crippen LogP contribution in [0.2, 0.25) is 0 Å². The summed E-state index contributed by atoms with van der Waals surface area (Å²) in [5.41, 5.74) is 11.2. The van der Waals surface area contributed by atoms with Crippen molar-refractivity contribution in [2.45, 2.75) is 68.5 Å². The van der Waals surface area contributed by atoms with Gasteiger partial charge in [-0.05, 0) is 73.5 Å². The Bertz CT molecular complexity index is 2480. The molecule has 0 spiro atoms. The first kappa shape index (κ1) is 44.8. The second-order valence-electron chi connectivity index (χ2n) is 14.7. The van der Waals surface area contributed by atoms with Crippen LogP contribution in [0, 0.1) is 0 Å². The molecule has 62 heavy (non-hydrogen) atoms. The number of nitrogens with zero attached hydrogens (tertiary/aromatic N) is 9. The Morgan fingerprint density at radius 1 is 1.02 bits per heavy atom. The topological polar surface area (TPSA) is 321 Å². The average Bonchev–Trinajstić information content (AvgIpc) is 3.66. The third-order valence-electron chi connectivity index (χ3n) is 9.11. The van der Waals surface area contributed by atoms with Crippen molar-refractivity contribution in [3.8, 4) is 17.3 Å². The lowest BCUT2D eigenvalue weighted by molar-refractivity contribution is -0.157. The fourth-order valence-corrected chi connectivity index (χ4v) is 8.67. The van der Waals surface area contributed by atoms with Gasteiger partial charge in [0, 0.05) is 23.3 Å². The van der Waals surface area contributed by atoms with E-state index in [1.54, 1.807) is 39.0 Å². The zero-order valence-electron chi connectivity index (χ0n) is 33.3. The number of fused-ring (bicyclic) bond motifs is 1. The van der Waals surface area contributed by atoms with Crippen LogP contribution in [-0.2, 0) is 35.3 Å². The molecule has 2 aromatic heterocycles. The van der Waals surface area contributed by atoms with Crippen LogP contribution < -0.4 is 16.4 Å². The molecule has 1 saturated heterocycles. The van der Waals surface area contributed by atoms with E-state index in [1.807, 2.05) is 0 Å². The average molecular weight is 890 g/mol. The molecule has 2 aromatic carbocycles. The third kappa shape index (κ3) is 9.26. The number of hydrogen-bond acceptors (Lipinski definition) is 18. The molecule has 4 aromatic rings. The highest BCUT2D eigenvalue weighted by Crippen LogP contribution is 2.44. The van der Waals surface area contributed by atoms with E-state index in [0.717, 1.165) is 44.2 Å². The summed E-state index contributed by atoms with van der Waals surface area (Å²) >= 11 is 2.01. The predicted octanol–water partition coefficient (Wildman–Crippen LogP) is 1.62. The van der Waals surface area contributed by atoms with Crippen molar-refractivity contribution in [3.05, 3.63) is 83.2 Å². The van der Waals surface area contributed by atoms with Crippen molar-refractivity contribution in [3.63, 3.8) is 0 Å². The molecule has 4 atom stereocenters. The summed E-state index contributed by atoms with van der Waals surface area (Å²) in [5.74, 6) is -7.62. The number of hydrogen-bond donors (Lipinski definition) is 5. The number of thioether (sulfide) groups is 2. The molecule has 0 bridgehead atoms. The molecule has 324 valence electrons. The van der Waals surface area contributed by atoms with Crippen LogP contribution in [0.5, 0.6) is 5.88 Å². The third-order valence-corrected chi connectivity index (χ3v) is 11.5. The van der Waals surface area contributed by atoms with Gasteiger partial charge >= 0.3 is 18.0 Å². The second-order valence-corrected chi connectivity index (χ2v) is 16.8. The molecule has 6 rings (SSSR count). The molecule has 2 unspecified atom stereocenters. The molecular weight excluding hydrogens is 851 g/mol. The summed E-state index contributed by atoms with van der Waals surface area (Å²) in [7, 11) is 0. The highest BCUT2D eigenvalue weighted by Gasteiger charge is 2.59. The van der Waals surface area contributed by atoms with Gasteiger partial charge in [-0.15, -0.1) is 16.9 Å². The summed E-state index contributed by atoms with van der Waals surface area (Å²) in [4.78, 5) is 103. The van der Waals surface area contributed by atoms with Crippen molar-refractivity contribution < 1.29 is 53.6 Å². The number of aromatic nitrogens is 6. The summed E-state index contributed by atoms with van der Waals surface area (Å²) in [6.07, 6.45) is -0.0153. The summed E-state index contributed by atoms with van der Waals surface area (Å²) in [6.45, 7) is 5.77. The Balaban J connectivity index is 1.29. The first-order valence-electron chi connectivity index (χ1n) is 18.5. The zero-order valence-corrected chi connectivity index (χ0v) is 34.9. The highest BCUT2D eigenvalue weighted by molar-refractivity contribution is 8.01. The Labute approximate surface area is 360 Å². The highest BCUT2D eigenvalue weighted by atomic mass is 32.2. The van der Waals surface area contributed by atoms with Crippen LogP contribution in [0.25, 0.3) is 11.4 Å². The van der Waals surface area contributed by atoms with Crippen LogP contribution in [0.4, 0.5) is 10.5 Å². The summed E-state index contributed by atoms with van der Waals surface area (Å²) in [5, 5.41) is 40.5. The minimum atomic E-state index is -1.58. The Kier molecular flexibility index (Phi) is 13.1. The number of carbonyl (C=O) groups excluding carboxylic acids is 5. The first-order chi connectivity index (χ1) is 29.3. The number of aliphatic carboxylic acids is 2. The van der Waals surface area contributed by atoms with Crippen LogP contribution in [-0.4, -0.2) is 132 Å². The number of benzene rings is 2. The lowest BCUT2D eigenvalue weighted by Crippen LogP contribution is -2.72. The molecule has 24 heteroatoms. The van der Waals surface area contributed by atoms with Gasteiger partial charge in [-0.1, -0.05) is 42.1 Å². The van der Waals surface area contributed by atoms with Crippen LogP contribution in [0.15, 0.2) is 77.2 Å². The number of ether oxygens (including phenoxy) is 1. The van der Waals surface area contributed by atoms with Gasteiger partial charge in [0.15, 0.2) is 5.82 Å². The van der Waals surface area contributed by atoms with Gasteiger partial charge in [0.1, 0.15) is 40.9 Å². The van der Waals surface area contributed by atoms with Crippen LogP contribution in [0.1, 0.15) is 49.7 Å². The summed E-state index contributed by atoms with van der Waals surface area (Å²) < 4.78 is 6.41. The van der Waals surface area contributed by atoms with Gasteiger partial charge in [0.2, 0.25) is 11.0 Å². The quantitative estimate of drug-likeness (QED) is 0.0940. The van der Waals surface area contributed by atoms with Crippen molar-refractivity contribution in [1.82, 2.24) is 40.0 Å². The van der Waals surface area contributed by atoms with Crippen molar-refractivity contribution in [1.29, 1.82) is 0 Å². The number of aromatic hydroxyl groups is 1. The predicted molar refractivity (Wildman–Crippen MR) is 219 cm³/mol. The molecule has 0 aliphatic carbocycles. The van der Waals surface area contributed by atoms with Crippen molar-refractivity contribution in [2.24, 2.45) is 11.5 Å². The van der Waals surface area contributed by atoms with E-state index in [-0.39, 0.29) is 44.9 Å². The smallest absolute Gasteiger partial charge is 0.421 e. The maximum Gasteiger partial charge on any atom is 0.421 e. The zero-order chi connectivity index (χ0) is 45.2. The SMILES string of the molecule is C[C@@H](N)C(=O)N(C(=O)OC(C)(C)C)c1ccc(-c2ncc(C(=O)N(C(=O)C(N)c3ccccc3)C3C(=O)N4C(C(=O)O)=C(CSc5nnnn5CC(=O)O)CS[C@@H]34)c(O)n2)cc1. The second kappa shape index (κ2) is 18.1. The van der Waals surface area contributed by atoms with Crippen LogP contribution in [0.3, 0.4) is 0 Å². The van der Waals surface area contributed by atoms with E-state index in [4.69, 9.17) is 21.3 Å². The number of anilines is 1. The minimum Gasteiger partial charge on any atom is -0.493 e. The molecular formula is C38H39N11O11S2. The van der Waals surface area contributed by atoms with Gasteiger partial charge in [-0.25, -0.2) is 24.2 Å². The maximum atomic E-state index is 14.4. The van der Waals surface area contributed by atoms with E-state index >= 15 is 0 Å². The Hall–Kier alpha value is -6.76. The van der Waals surface area contributed by atoms with Crippen molar-refractivity contribution in [2.75, 3.05) is 16.4 Å². The summed E-state index contributed by atoms with van der Waals surface area (Å²) in [6, 6.07) is 9.53. The number of imide groups is 2. The number of carboxylic acid groups (broad SMARTS) is 2. The Morgan fingerprint density at radius 2 is 1.69 bits per heavy atom. The van der Waals surface area contributed by atoms with E-state index in [2.05, 4.69) is 25.5 Å².